The molecule has 4 heteroatoms. The molecule has 0 radical (unpaired) electrons. The number of hydrogen-bond acceptors (Lipinski definition) is 4. The summed E-state index contributed by atoms with van der Waals surface area (Å²) in [5.41, 5.74) is 13.1. The molecule has 0 aliphatic heterocycles. The van der Waals surface area contributed by atoms with Crippen molar-refractivity contribution in [1.82, 2.24) is 19.9 Å². The van der Waals surface area contributed by atoms with Crippen LogP contribution in [0.1, 0.15) is 63.8 Å². The minimum Gasteiger partial charge on any atom is -0.256 e. The maximum absolute atomic E-state index is 5.02. The van der Waals surface area contributed by atoms with E-state index in [4.69, 9.17) is 19.9 Å². The topological polar surface area (TPSA) is 51.6 Å². The van der Waals surface area contributed by atoms with Crippen molar-refractivity contribution in [3.63, 3.8) is 0 Å². The number of aromatic nitrogens is 4. The third-order valence-electron chi connectivity index (χ3n) is 9.07. The van der Waals surface area contributed by atoms with Gasteiger partial charge in [-0.1, -0.05) is 139 Å². The highest BCUT2D eigenvalue weighted by atomic mass is 15.0. The van der Waals surface area contributed by atoms with E-state index in [2.05, 4.69) is 139 Å². The number of aryl methyl sites for hydroxylation is 1. The van der Waals surface area contributed by atoms with E-state index in [1.54, 1.807) is 0 Å². The van der Waals surface area contributed by atoms with Gasteiger partial charge in [-0.2, -0.15) is 0 Å². The Morgan fingerprint density at radius 3 is 1.41 bits per heavy atom. The Labute approximate surface area is 272 Å². The Bertz CT molecular complexity index is 1950. The molecule has 7 rings (SSSR count). The largest absolute Gasteiger partial charge is 0.256 e. The molecular formula is C42H40N4. The zero-order valence-corrected chi connectivity index (χ0v) is 27.6. The molecular weight excluding hydrogens is 560 g/mol. The summed E-state index contributed by atoms with van der Waals surface area (Å²) < 4.78 is 0. The molecule has 1 aliphatic rings. The van der Waals surface area contributed by atoms with E-state index in [0.717, 1.165) is 35.2 Å². The summed E-state index contributed by atoms with van der Waals surface area (Å²) in [6.45, 7) is 13.4. The predicted molar refractivity (Wildman–Crippen MR) is 190 cm³/mol. The van der Waals surface area contributed by atoms with Gasteiger partial charge in [0.1, 0.15) is 0 Å². The van der Waals surface area contributed by atoms with Crippen molar-refractivity contribution in [2.45, 2.75) is 65.2 Å². The molecule has 1 aliphatic carbocycles. The van der Waals surface area contributed by atoms with Crippen molar-refractivity contribution < 1.29 is 0 Å². The second-order valence-corrected chi connectivity index (χ2v) is 14.4. The number of benzene rings is 4. The molecule has 228 valence electrons. The summed E-state index contributed by atoms with van der Waals surface area (Å²) in [6, 6.07) is 36.7. The van der Waals surface area contributed by atoms with Gasteiger partial charge < -0.3 is 0 Å². The van der Waals surface area contributed by atoms with Crippen molar-refractivity contribution in [2.75, 3.05) is 0 Å². The number of nitrogens with zero attached hydrogens (tertiary/aromatic N) is 4. The highest BCUT2D eigenvalue weighted by molar-refractivity contribution is 5.81. The first-order chi connectivity index (χ1) is 22.0. The number of rotatable bonds is 4. The lowest BCUT2D eigenvalue weighted by Gasteiger charge is -2.21. The van der Waals surface area contributed by atoms with Crippen LogP contribution in [0.15, 0.2) is 109 Å². The van der Waals surface area contributed by atoms with Crippen molar-refractivity contribution in [3.05, 3.63) is 132 Å². The molecule has 0 saturated heterocycles. The van der Waals surface area contributed by atoms with Gasteiger partial charge in [0.25, 0.3) is 0 Å². The summed E-state index contributed by atoms with van der Waals surface area (Å²) in [7, 11) is 0. The van der Waals surface area contributed by atoms with Crippen LogP contribution in [0.2, 0.25) is 0 Å². The standard InChI is InChI=1S/C42H40N4/c1-41(2,3)32-21-16-30(17-22-32)39-44-38(45-40(46-39)31-18-23-33(24-19-31)42(4,5)6)29-14-12-27(13-15-29)34-10-7-11-36-35(34)25-20-28-9-8-26-43-37(28)36/h7-19,21-24,26H,20,25H2,1-6H3. The molecule has 0 atom stereocenters. The molecule has 4 nitrogen and oxygen atoms in total. The molecule has 0 spiro atoms. The van der Waals surface area contributed by atoms with Gasteiger partial charge in [-0.15, -0.1) is 0 Å². The van der Waals surface area contributed by atoms with E-state index in [-0.39, 0.29) is 10.8 Å². The van der Waals surface area contributed by atoms with Crippen LogP contribution < -0.4 is 0 Å². The molecule has 6 aromatic rings. The Kier molecular flexibility index (Phi) is 7.39. The molecule has 46 heavy (non-hydrogen) atoms. The second kappa shape index (κ2) is 11.4. The lowest BCUT2D eigenvalue weighted by Crippen LogP contribution is -2.10. The van der Waals surface area contributed by atoms with Gasteiger partial charge in [-0.05, 0) is 63.1 Å². The Balaban J connectivity index is 1.29. The fourth-order valence-electron chi connectivity index (χ4n) is 6.29. The summed E-state index contributed by atoms with van der Waals surface area (Å²) in [5, 5.41) is 0. The zero-order valence-electron chi connectivity index (χ0n) is 27.6. The molecule has 2 aromatic heterocycles. The highest BCUT2D eigenvalue weighted by Crippen LogP contribution is 2.38. The first kappa shape index (κ1) is 29.7. The first-order valence-electron chi connectivity index (χ1n) is 16.2. The smallest absolute Gasteiger partial charge is 0.164 e. The van der Waals surface area contributed by atoms with E-state index >= 15 is 0 Å². The summed E-state index contributed by atoms with van der Waals surface area (Å²) in [6.07, 6.45) is 3.91. The third kappa shape index (κ3) is 5.76. The van der Waals surface area contributed by atoms with Gasteiger partial charge in [0.2, 0.25) is 0 Å². The van der Waals surface area contributed by atoms with Crippen LogP contribution in [-0.4, -0.2) is 19.9 Å². The fourth-order valence-corrected chi connectivity index (χ4v) is 6.29. The van der Waals surface area contributed by atoms with E-state index in [9.17, 15) is 0 Å². The van der Waals surface area contributed by atoms with Crippen LogP contribution in [0.3, 0.4) is 0 Å². The highest BCUT2D eigenvalue weighted by Gasteiger charge is 2.21. The van der Waals surface area contributed by atoms with Gasteiger partial charge in [-0.25, -0.2) is 15.0 Å². The Morgan fingerprint density at radius 1 is 0.457 bits per heavy atom. The van der Waals surface area contributed by atoms with Crippen LogP contribution in [0, 0.1) is 0 Å². The molecule has 0 unspecified atom stereocenters. The lowest BCUT2D eigenvalue weighted by atomic mass is 9.84. The monoisotopic (exact) mass is 600 g/mol. The van der Waals surface area contributed by atoms with Gasteiger partial charge >= 0.3 is 0 Å². The fraction of sp³-hybridized carbons (Fsp3) is 0.238. The summed E-state index contributed by atoms with van der Waals surface area (Å²) >= 11 is 0. The van der Waals surface area contributed by atoms with Crippen LogP contribution in [-0.2, 0) is 23.7 Å². The van der Waals surface area contributed by atoms with Gasteiger partial charge in [0, 0.05) is 28.5 Å². The molecule has 0 amide bonds. The van der Waals surface area contributed by atoms with Crippen LogP contribution in [0.4, 0.5) is 0 Å². The lowest BCUT2D eigenvalue weighted by molar-refractivity contribution is 0.590. The van der Waals surface area contributed by atoms with E-state index in [0.29, 0.717) is 17.5 Å². The average Bonchev–Trinajstić information content (AvgIpc) is 3.07. The zero-order chi connectivity index (χ0) is 32.1. The molecule has 0 N–H and O–H groups in total. The van der Waals surface area contributed by atoms with Crippen LogP contribution in [0.25, 0.3) is 56.5 Å². The number of fused-ring (bicyclic) bond motifs is 3. The minimum atomic E-state index is 0.0718. The minimum absolute atomic E-state index is 0.0718. The Hall–Kier alpha value is -4.96. The molecule has 0 fully saturated rings. The summed E-state index contributed by atoms with van der Waals surface area (Å²) in [5.74, 6) is 2.01. The normalized spacial score (nSPS) is 12.8. The van der Waals surface area contributed by atoms with Gasteiger partial charge in [-0.3, -0.25) is 4.98 Å². The Morgan fingerprint density at radius 2 is 0.913 bits per heavy atom. The van der Waals surface area contributed by atoms with Crippen molar-refractivity contribution in [2.24, 2.45) is 0 Å². The summed E-state index contributed by atoms with van der Waals surface area (Å²) in [4.78, 5) is 19.7. The maximum atomic E-state index is 5.02. The molecule has 4 aromatic carbocycles. The molecule has 0 saturated carbocycles. The first-order valence-corrected chi connectivity index (χ1v) is 16.2. The average molecular weight is 601 g/mol. The SMILES string of the molecule is CC(C)(C)c1ccc(-c2nc(-c3ccc(-c4cccc5c4CCc4cccnc4-5)cc3)nc(-c3ccc(C(C)(C)C)cc3)n2)cc1. The van der Waals surface area contributed by atoms with E-state index in [1.807, 2.05) is 12.3 Å². The van der Waals surface area contributed by atoms with Crippen molar-refractivity contribution >= 4 is 0 Å². The number of hydrogen-bond donors (Lipinski definition) is 0. The quantitative estimate of drug-likeness (QED) is 0.202. The van der Waals surface area contributed by atoms with Gasteiger partial charge in [0.05, 0.1) is 5.69 Å². The molecule has 2 heterocycles. The maximum Gasteiger partial charge on any atom is 0.164 e. The van der Waals surface area contributed by atoms with E-state index in [1.165, 1.54) is 38.9 Å². The number of pyridine rings is 1. The molecule has 0 bridgehead atoms. The van der Waals surface area contributed by atoms with E-state index < -0.39 is 0 Å². The van der Waals surface area contributed by atoms with Crippen LogP contribution in [0.5, 0.6) is 0 Å². The second-order valence-electron chi connectivity index (χ2n) is 14.4. The van der Waals surface area contributed by atoms with Crippen molar-refractivity contribution in [1.29, 1.82) is 0 Å². The van der Waals surface area contributed by atoms with Crippen LogP contribution >= 0.6 is 0 Å². The van der Waals surface area contributed by atoms with Crippen molar-refractivity contribution in [3.8, 4) is 56.5 Å². The predicted octanol–water partition coefficient (Wildman–Crippen LogP) is 10.3. The van der Waals surface area contributed by atoms with Gasteiger partial charge in [0.15, 0.2) is 17.5 Å². The third-order valence-corrected chi connectivity index (χ3v) is 9.07.